The predicted octanol–water partition coefficient (Wildman–Crippen LogP) is 7.83. The summed E-state index contributed by atoms with van der Waals surface area (Å²) in [5.41, 5.74) is 16.0. The van der Waals surface area contributed by atoms with Crippen LogP contribution in [0, 0.1) is 24.7 Å². The minimum atomic E-state index is 0.106. The van der Waals surface area contributed by atoms with Crippen molar-refractivity contribution in [1.82, 2.24) is 0 Å². The maximum atomic E-state index is 6.34. The van der Waals surface area contributed by atoms with Gasteiger partial charge in [-0.25, -0.2) is 0 Å². The third-order valence-electron chi connectivity index (χ3n) is 8.13. The van der Waals surface area contributed by atoms with E-state index >= 15 is 0 Å². The van der Waals surface area contributed by atoms with Gasteiger partial charge >= 0.3 is 0 Å². The molecule has 2 aliphatic rings. The summed E-state index contributed by atoms with van der Waals surface area (Å²) in [7, 11) is 0. The average Bonchev–Trinajstić information content (AvgIpc) is 2.83. The Labute approximate surface area is 202 Å². The zero-order valence-corrected chi connectivity index (χ0v) is 21.6. The van der Waals surface area contributed by atoms with Crippen molar-refractivity contribution in [1.29, 1.82) is 0 Å². The number of unbranched alkanes of at least 4 members (excludes halogenated alkanes) is 2. The second kappa shape index (κ2) is 12.6. The maximum absolute atomic E-state index is 6.34. The lowest BCUT2D eigenvalue weighted by Crippen LogP contribution is -2.24. The smallest absolute Gasteiger partial charge is 0.147 e. The molecule has 4 heteroatoms. The number of allylic oxidation sites excluding steroid dienone is 1. The van der Waals surface area contributed by atoms with Gasteiger partial charge in [0.2, 0.25) is 0 Å². The van der Waals surface area contributed by atoms with Crippen molar-refractivity contribution < 1.29 is 9.47 Å². The summed E-state index contributed by atoms with van der Waals surface area (Å²) >= 11 is 0. The molecule has 0 radical (unpaired) electrons. The molecule has 0 saturated heterocycles. The van der Waals surface area contributed by atoms with Gasteiger partial charge in [0, 0.05) is 0 Å². The molecule has 4 nitrogen and oxygen atoms in total. The number of nitrogens with two attached hydrogens (primary N) is 2. The molecule has 1 aromatic rings. The van der Waals surface area contributed by atoms with Crippen LogP contribution in [0.5, 0.6) is 11.5 Å². The lowest BCUT2D eigenvalue weighted by molar-refractivity contribution is 0.183. The van der Waals surface area contributed by atoms with E-state index in [1.165, 1.54) is 69.8 Å². The molecule has 4 N–H and O–H groups in total. The summed E-state index contributed by atoms with van der Waals surface area (Å²) in [4.78, 5) is 0. The first kappa shape index (κ1) is 25.8. The van der Waals surface area contributed by atoms with Crippen LogP contribution in [-0.4, -0.2) is 12.7 Å². The van der Waals surface area contributed by atoms with Gasteiger partial charge in [0.25, 0.3) is 0 Å². The van der Waals surface area contributed by atoms with Gasteiger partial charge in [-0.2, -0.15) is 0 Å². The molecule has 2 aliphatic carbocycles. The zero-order valence-electron chi connectivity index (χ0n) is 21.6. The van der Waals surface area contributed by atoms with Crippen molar-refractivity contribution in [3.63, 3.8) is 0 Å². The Kier molecular flexibility index (Phi) is 9.82. The van der Waals surface area contributed by atoms with E-state index in [-0.39, 0.29) is 6.10 Å². The SMILES string of the molecule is CCCCCC1CCC(C2CC=C(COc3c(C)cc(OC(C)CC)c(N)c3N)CC2)CC1. The predicted molar refractivity (Wildman–Crippen MR) is 141 cm³/mol. The van der Waals surface area contributed by atoms with Crippen LogP contribution in [0.1, 0.15) is 103 Å². The van der Waals surface area contributed by atoms with E-state index in [0.29, 0.717) is 29.5 Å². The van der Waals surface area contributed by atoms with E-state index in [1.807, 2.05) is 19.9 Å². The first-order valence-electron chi connectivity index (χ1n) is 13.6. The Bertz CT molecular complexity index is 780. The molecule has 0 amide bonds. The molecular formula is C29H48N2O2. The third-order valence-corrected chi connectivity index (χ3v) is 8.13. The third kappa shape index (κ3) is 7.07. The molecule has 0 bridgehead atoms. The molecule has 1 fully saturated rings. The fraction of sp³-hybridized carbons (Fsp3) is 0.724. The van der Waals surface area contributed by atoms with Crippen molar-refractivity contribution >= 4 is 11.4 Å². The molecule has 33 heavy (non-hydrogen) atoms. The quantitative estimate of drug-likeness (QED) is 0.202. The molecule has 3 rings (SSSR count). The number of hydrogen-bond donors (Lipinski definition) is 2. The Morgan fingerprint density at radius 3 is 2.39 bits per heavy atom. The van der Waals surface area contributed by atoms with Crippen molar-refractivity contribution in [3.8, 4) is 11.5 Å². The van der Waals surface area contributed by atoms with Crippen LogP contribution in [-0.2, 0) is 0 Å². The number of anilines is 2. The van der Waals surface area contributed by atoms with E-state index in [1.54, 1.807) is 0 Å². The molecule has 186 valence electrons. The van der Waals surface area contributed by atoms with Crippen LogP contribution < -0.4 is 20.9 Å². The summed E-state index contributed by atoms with van der Waals surface area (Å²) < 4.78 is 12.1. The van der Waals surface area contributed by atoms with Crippen LogP contribution in [0.3, 0.4) is 0 Å². The summed E-state index contributed by atoms with van der Waals surface area (Å²) in [5, 5.41) is 0. The zero-order chi connectivity index (χ0) is 23.8. The summed E-state index contributed by atoms with van der Waals surface area (Å²) in [6.07, 6.45) is 18.6. The highest BCUT2D eigenvalue weighted by molar-refractivity contribution is 5.78. The van der Waals surface area contributed by atoms with Crippen LogP contribution >= 0.6 is 0 Å². The highest BCUT2D eigenvalue weighted by Gasteiger charge is 2.28. The Morgan fingerprint density at radius 2 is 1.76 bits per heavy atom. The number of benzene rings is 1. The van der Waals surface area contributed by atoms with Gasteiger partial charge in [0.1, 0.15) is 29.5 Å². The van der Waals surface area contributed by atoms with Gasteiger partial charge in [0.15, 0.2) is 0 Å². The minimum Gasteiger partial charge on any atom is -0.488 e. The largest absolute Gasteiger partial charge is 0.488 e. The number of nitrogen functional groups attached to an aromatic ring is 2. The number of aryl methyl sites for hydroxylation is 1. The van der Waals surface area contributed by atoms with Gasteiger partial charge in [0.05, 0.1) is 6.10 Å². The van der Waals surface area contributed by atoms with Crippen LogP contribution in [0.15, 0.2) is 17.7 Å². The van der Waals surface area contributed by atoms with Gasteiger partial charge in [-0.05, 0) is 87.3 Å². The molecule has 0 spiro atoms. The number of rotatable bonds is 11. The van der Waals surface area contributed by atoms with E-state index in [2.05, 4.69) is 19.9 Å². The van der Waals surface area contributed by atoms with Crippen molar-refractivity contribution in [2.75, 3.05) is 18.1 Å². The highest BCUT2D eigenvalue weighted by Crippen LogP contribution is 2.42. The monoisotopic (exact) mass is 456 g/mol. The molecule has 1 aromatic carbocycles. The van der Waals surface area contributed by atoms with Gasteiger partial charge in [-0.1, -0.05) is 58.4 Å². The van der Waals surface area contributed by atoms with Crippen LogP contribution in [0.4, 0.5) is 11.4 Å². The van der Waals surface area contributed by atoms with E-state index in [4.69, 9.17) is 20.9 Å². The Balaban J connectivity index is 1.48. The number of ether oxygens (including phenoxy) is 2. The highest BCUT2D eigenvalue weighted by atomic mass is 16.5. The number of hydrogen-bond acceptors (Lipinski definition) is 4. The topological polar surface area (TPSA) is 70.5 Å². The van der Waals surface area contributed by atoms with E-state index < -0.39 is 0 Å². The fourth-order valence-corrected chi connectivity index (χ4v) is 5.66. The van der Waals surface area contributed by atoms with Gasteiger partial charge in [-0.15, -0.1) is 0 Å². The fourth-order valence-electron chi connectivity index (χ4n) is 5.66. The molecule has 0 aliphatic heterocycles. The normalized spacial score (nSPS) is 24.2. The summed E-state index contributed by atoms with van der Waals surface area (Å²) in [6.45, 7) is 9.05. The lowest BCUT2D eigenvalue weighted by atomic mass is 9.70. The van der Waals surface area contributed by atoms with Crippen LogP contribution in [0.2, 0.25) is 0 Å². The first-order valence-corrected chi connectivity index (χ1v) is 13.6. The Hall–Kier alpha value is -1.84. The molecule has 2 atom stereocenters. The van der Waals surface area contributed by atoms with Crippen molar-refractivity contribution in [2.24, 2.45) is 17.8 Å². The minimum absolute atomic E-state index is 0.106. The average molecular weight is 457 g/mol. The molecule has 2 unspecified atom stereocenters. The molecule has 1 saturated carbocycles. The second-order valence-corrected chi connectivity index (χ2v) is 10.6. The van der Waals surface area contributed by atoms with Crippen molar-refractivity contribution in [2.45, 2.75) is 111 Å². The lowest BCUT2D eigenvalue weighted by Gasteiger charge is -2.35. The van der Waals surface area contributed by atoms with Crippen LogP contribution in [0.25, 0.3) is 0 Å². The van der Waals surface area contributed by atoms with Gasteiger partial charge in [-0.3, -0.25) is 0 Å². The maximum Gasteiger partial charge on any atom is 0.147 e. The van der Waals surface area contributed by atoms with Gasteiger partial charge < -0.3 is 20.9 Å². The molecule has 0 heterocycles. The van der Waals surface area contributed by atoms with Crippen molar-refractivity contribution in [3.05, 3.63) is 23.3 Å². The summed E-state index contributed by atoms with van der Waals surface area (Å²) in [6, 6.07) is 1.96. The molecular weight excluding hydrogens is 408 g/mol. The van der Waals surface area contributed by atoms with E-state index in [0.717, 1.165) is 36.2 Å². The standard InChI is InChI=1S/C29H48N2O2/c1-5-7-8-9-22-10-14-24(15-11-22)25-16-12-23(13-17-25)19-32-29-20(3)18-26(27(30)28(29)31)33-21(4)6-2/h12,18,21-22,24-25H,5-11,13-17,19,30-31H2,1-4H3. The summed E-state index contributed by atoms with van der Waals surface area (Å²) in [5.74, 6) is 4.16. The second-order valence-electron chi connectivity index (χ2n) is 10.6. The Morgan fingerprint density at radius 1 is 1.00 bits per heavy atom. The first-order chi connectivity index (χ1) is 15.9. The van der Waals surface area contributed by atoms with E-state index in [9.17, 15) is 0 Å². The molecule has 0 aromatic heterocycles.